The van der Waals surface area contributed by atoms with Crippen molar-refractivity contribution in [3.05, 3.63) is 35.9 Å². The van der Waals surface area contributed by atoms with E-state index in [0.29, 0.717) is 0 Å². The second-order valence-corrected chi connectivity index (χ2v) is 7.48. The summed E-state index contributed by atoms with van der Waals surface area (Å²) in [5, 5.41) is 4.50. The van der Waals surface area contributed by atoms with Gasteiger partial charge in [-0.1, -0.05) is 19.1 Å². The zero-order valence-corrected chi connectivity index (χ0v) is 19.9. The van der Waals surface area contributed by atoms with Crippen LogP contribution in [0.5, 0.6) is 0 Å². The number of nitrogens with zero attached hydrogens (tertiary/aromatic N) is 6. The molecule has 0 atom stereocenters. The van der Waals surface area contributed by atoms with E-state index in [2.05, 4.69) is 52.4 Å². The Morgan fingerprint density at radius 3 is 2.69 bits per heavy atom. The molecule has 8 nitrogen and oxygen atoms in total. The molecule has 0 unspecified atom stereocenters. The first-order valence-electron chi connectivity index (χ1n) is 9.73. The van der Waals surface area contributed by atoms with Gasteiger partial charge in [0.2, 0.25) is 5.13 Å². The van der Waals surface area contributed by atoms with Crippen molar-refractivity contribution >= 4 is 57.6 Å². The second kappa shape index (κ2) is 10.2. The number of piperazine rings is 1. The summed E-state index contributed by atoms with van der Waals surface area (Å²) in [5.41, 5.74) is 2.10. The molecule has 0 bridgehead atoms. The number of hydrogen-bond acceptors (Lipinski definition) is 6. The predicted molar refractivity (Wildman–Crippen MR) is 130 cm³/mol. The molecule has 3 aromatic rings. The zero-order chi connectivity index (χ0) is 19.3. The van der Waals surface area contributed by atoms with Gasteiger partial charge >= 0.3 is 0 Å². The highest BCUT2D eigenvalue weighted by Gasteiger charge is 2.22. The van der Waals surface area contributed by atoms with Crippen molar-refractivity contribution in [2.24, 2.45) is 4.99 Å². The average molecular weight is 526 g/mol. The van der Waals surface area contributed by atoms with Gasteiger partial charge in [0.1, 0.15) is 11.6 Å². The van der Waals surface area contributed by atoms with Crippen LogP contribution in [-0.4, -0.2) is 70.0 Å². The molecule has 1 fully saturated rings. The Labute approximate surface area is 192 Å². The fraction of sp³-hybridized carbons (Fsp3) is 0.474. The summed E-state index contributed by atoms with van der Waals surface area (Å²) in [6.07, 6.45) is 1.72. The lowest BCUT2D eigenvalue weighted by atomic mass is 10.3. The number of guanidine groups is 1. The van der Waals surface area contributed by atoms with Crippen molar-refractivity contribution in [3.8, 4) is 0 Å². The topological polar surface area (TPSA) is 85.3 Å². The third kappa shape index (κ3) is 5.16. The summed E-state index contributed by atoms with van der Waals surface area (Å²) in [5.74, 6) is 2.88. The Kier molecular flexibility index (Phi) is 7.64. The summed E-state index contributed by atoms with van der Waals surface area (Å²) in [4.78, 5) is 21.7. The minimum absolute atomic E-state index is 0. The number of fused-ring (bicyclic) bond motifs is 1. The van der Waals surface area contributed by atoms with Gasteiger partial charge in [-0.05, 0) is 12.1 Å². The van der Waals surface area contributed by atoms with E-state index in [1.54, 1.807) is 0 Å². The highest BCUT2D eigenvalue weighted by Crippen LogP contribution is 2.19. The highest BCUT2D eigenvalue weighted by atomic mass is 127. The number of aromatic nitrogens is 4. The fourth-order valence-electron chi connectivity index (χ4n) is 3.38. The molecule has 10 heteroatoms. The van der Waals surface area contributed by atoms with Crippen LogP contribution in [0.4, 0.5) is 5.13 Å². The highest BCUT2D eigenvalue weighted by molar-refractivity contribution is 14.0. The number of aromatic amines is 1. The van der Waals surface area contributed by atoms with E-state index in [1.807, 2.05) is 25.2 Å². The van der Waals surface area contributed by atoms with E-state index in [4.69, 9.17) is 0 Å². The van der Waals surface area contributed by atoms with E-state index in [0.717, 1.165) is 79.3 Å². The molecule has 29 heavy (non-hydrogen) atoms. The van der Waals surface area contributed by atoms with Crippen molar-refractivity contribution in [1.29, 1.82) is 0 Å². The van der Waals surface area contributed by atoms with Gasteiger partial charge in [0.15, 0.2) is 5.96 Å². The molecule has 3 heterocycles. The molecule has 2 N–H and O–H groups in total. The van der Waals surface area contributed by atoms with Crippen molar-refractivity contribution in [2.45, 2.75) is 19.8 Å². The standard InChI is InChI=1S/C19H26N8S.HI/c1-3-16-24-19(28-25-16)27-12-10-26(11-13-27)18(20-2)21-9-8-17-22-14-6-4-5-7-15(14)23-17;/h4-7H,3,8-13H2,1-2H3,(H,20,21)(H,22,23);1H. The van der Waals surface area contributed by atoms with Gasteiger partial charge in [0.25, 0.3) is 0 Å². The molecule has 0 aliphatic carbocycles. The third-order valence-electron chi connectivity index (χ3n) is 4.92. The monoisotopic (exact) mass is 526 g/mol. The Morgan fingerprint density at radius 2 is 2.00 bits per heavy atom. The molecule has 1 aromatic carbocycles. The number of benzene rings is 1. The van der Waals surface area contributed by atoms with E-state index < -0.39 is 0 Å². The number of nitrogens with one attached hydrogen (secondary N) is 2. The number of aryl methyl sites for hydroxylation is 1. The molecule has 1 aliphatic heterocycles. The maximum absolute atomic E-state index is 4.63. The summed E-state index contributed by atoms with van der Waals surface area (Å²) < 4.78 is 4.40. The quantitative estimate of drug-likeness (QED) is 0.302. The van der Waals surface area contributed by atoms with Gasteiger partial charge in [-0.25, -0.2) is 9.97 Å². The number of anilines is 1. The van der Waals surface area contributed by atoms with Crippen molar-refractivity contribution in [1.82, 2.24) is 29.5 Å². The van der Waals surface area contributed by atoms with Crippen molar-refractivity contribution in [2.75, 3.05) is 44.7 Å². The minimum atomic E-state index is 0. The van der Waals surface area contributed by atoms with Gasteiger partial charge in [-0.2, -0.15) is 4.37 Å². The number of H-pyrrole nitrogens is 1. The van der Waals surface area contributed by atoms with Gasteiger partial charge in [-0.3, -0.25) is 4.99 Å². The summed E-state index contributed by atoms with van der Waals surface area (Å²) in [7, 11) is 1.84. The fourth-order valence-corrected chi connectivity index (χ4v) is 4.18. The summed E-state index contributed by atoms with van der Waals surface area (Å²) in [6.45, 7) is 6.59. The lowest BCUT2D eigenvalue weighted by molar-refractivity contribution is 0.372. The normalized spacial score (nSPS) is 14.9. The second-order valence-electron chi connectivity index (χ2n) is 6.75. The number of halogens is 1. The van der Waals surface area contributed by atoms with Crippen LogP contribution in [0.15, 0.2) is 29.3 Å². The molecule has 2 aromatic heterocycles. The smallest absolute Gasteiger partial charge is 0.205 e. The first-order valence-corrected chi connectivity index (χ1v) is 10.5. The molecule has 0 spiro atoms. The van der Waals surface area contributed by atoms with Crippen LogP contribution in [0, 0.1) is 0 Å². The molecular weight excluding hydrogens is 499 g/mol. The maximum Gasteiger partial charge on any atom is 0.205 e. The molecule has 0 radical (unpaired) electrons. The summed E-state index contributed by atoms with van der Waals surface area (Å²) >= 11 is 1.50. The lowest BCUT2D eigenvalue weighted by Crippen LogP contribution is -2.52. The Hall–Kier alpha value is -1.95. The summed E-state index contributed by atoms with van der Waals surface area (Å²) in [6, 6.07) is 8.12. The van der Waals surface area contributed by atoms with Crippen LogP contribution in [0.2, 0.25) is 0 Å². The maximum atomic E-state index is 4.63. The van der Waals surface area contributed by atoms with E-state index in [-0.39, 0.29) is 24.0 Å². The lowest BCUT2D eigenvalue weighted by Gasteiger charge is -2.36. The number of hydrogen-bond donors (Lipinski definition) is 2. The molecule has 4 rings (SSSR count). The van der Waals surface area contributed by atoms with Gasteiger partial charge in [0, 0.05) is 64.1 Å². The number of imidazole rings is 1. The molecule has 156 valence electrons. The molecule has 1 aliphatic rings. The van der Waals surface area contributed by atoms with Gasteiger partial charge in [0.05, 0.1) is 11.0 Å². The minimum Gasteiger partial charge on any atom is -0.356 e. The van der Waals surface area contributed by atoms with Crippen molar-refractivity contribution in [3.63, 3.8) is 0 Å². The average Bonchev–Trinajstić information content (AvgIpc) is 3.38. The number of aliphatic imine (C=N–C) groups is 1. The van der Waals surface area contributed by atoms with Crippen LogP contribution in [0.1, 0.15) is 18.6 Å². The van der Waals surface area contributed by atoms with E-state index in [1.165, 1.54) is 11.5 Å². The first kappa shape index (κ1) is 21.8. The van der Waals surface area contributed by atoms with Crippen LogP contribution in [0.25, 0.3) is 11.0 Å². The van der Waals surface area contributed by atoms with Crippen LogP contribution in [0.3, 0.4) is 0 Å². The van der Waals surface area contributed by atoms with E-state index in [9.17, 15) is 0 Å². The molecule has 0 saturated carbocycles. The molecular formula is C19H27IN8S. The number of para-hydroxylation sites is 2. The largest absolute Gasteiger partial charge is 0.356 e. The molecule has 1 saturated heterocycles. The predicted octanol–water partition coefficient (Wildman–Crippen LogP) is 2.53. The van der Waals surface area contributed by atoms with Gasteiger partial charge < -0.3 is 20.1 Å². The number of rotatable bonds is 5. The van der Waals surface area contributed by atoms with E-state index >= 15 is 0 Å². The zero-order valence-electron chi connectivity index (χ0n) is 16.8. The Morgan fingerprint density at radius 1 is 1.21 bits per heavy atom. The van der Waals surface area contributed by atoms with Crippen LogP contribution in [-0.2, 0) is 12.8 Å². The van der Waals surface area contributed by atoms with Crippen LogP contribution < -0.4 is 10.2 Å². The van der Waals surface area contributed by atoms with Crippen LogP contribution >= 0.6 is 35.5 Å². The molecule has 0 amide bonds. The van der Waals surface area contributed by atoms with Gasteiger partial charge in [-0.15, -0.1) is 24.0 Å². The SMILES string of the molecule is CCc1nsc(N2CCN(C(=NC)NCCc3nc4ccccc4[nH]3)CC2)n1.I. The Balaban J connectivity index is 0.00000240. The first-order chi connectivity index (χ1) is 13.8. The van der Waals surface area contributed by atoms with Crippen molar-refractivity contribution < 1.29 is 0 Å². The Bertz CT molecular complexity index is 911. The third-order valence-corrected chi connectivity index (χ3v) is 5.73.